The first kappa shape index (κ1) is 22.0. The standard InChI is InChI=1S/C23H32N3O4/c1-7-18-10-22(29-24-18)16(5)12-26-13-17(6)23(30-26)15(4)8-9-20(27)19-11-21(14(2)3)28-25-19/h10-11,13-16H,7-9,12H2,1-6H3/q+1. The summed E-state index contributed by atoms with van der Waals surface area (Å²) in [4.78, 5) is 12.5. The number of carbonyl (C=O) groups is 1. The van der Waals surface area contributed by atoms with Crippen molar-refractivity contribution in [2.75, 3.05) is 0 Å². The average Bonchev–Trinajstić information content (AvgIpc) is 3.45. The molecule has 7 nitrogen and oxygen atoms in total. The molecule has 7 heteroatoms. The third kappa shape index (κ3) is 5.07. The van der Waals surface area contributed by atoms with Crippen molar-refractivity contribution in [1.82, 2.24) is 10.3 Å². The maximum absolute atomic E-state index is 12.5. The van der Waals surface area contributed by atoms with Crippen LogP contribution in [0.1, 0.15) is 104 Å². The molecule has 0 saturated carbocycles. The number of rotatable bonds is 10. The average molecular weight is 415 g/mol. The van der Waals surface area contributed by atoms with Crippen LogP contribution < -0.4 is 4.74 Å². The van der Waals surface area contributed by atoms with Crippen LogP contribution in [0.2, 0.25) is 0 Å². The van der Waals surface area contributed by atoms with E-state index in [1.165, 1.54) is 0 Å². The van der Waals surface area contributed by atoms with Crippen LogP contribution in [0.15, 0.2) is 31.9 Å². The normalized spacial score (nSPS) is 13.7. The Bertz CT molecular complexity index is 982. The molecule has 0 saturated heterocycles. The fourth-order valence-corrected chi connectivity index (χ4v) is 3.46. The highest BCUT2D eigenvalue weighted by Crippen LogP contribution is 2.25. The molecule has 3 aromatic rings. The van der Waals surface area contributed by atoms with Gasteiger partial charge in [-0.2, -0.15) is 0 Å². The molecule has 2 atom stereocenters. The van der Waals surface area contributed by atoms with Gasteiger partial charge in [0, 0.05) is 30.4 Å². The Morgan fingerprint density at radius 1 is 1.07 bits per heavy atom. The molecule has 3 rings (SSSR count). The van der Waals surface area contributed by atoms with Crippen molar-refractivity contribution in [2.45, 2.75) is 85.1 Å². The molecule has 2 unspecified atom stereocenters. The largest absolute Gasteiger partial charge is 0.361 e. The van der Waals surface area contributed by atoms with Crippen molar-refractivity contribution in [1.29, 1.82) is 0 Å². The molecular weight excluding hydrogens is 382 g/mol. The lowest BCUT2D eigenvalue weighted by molar-refractivity contribution is -0.866. The molecule has 0 spiro atoms. The number of carbonyl (C=O) groups excluding carboxylic acids is 1. The van der Waals surface area contributed by atoms with Crippen molar-refractivity contribution < 1.29 is 23.1 Å². The minimum atomic E-state index is 0.000237. The van der Waals surface area contributed by atoms with E-state index in [4.69, 9.17) is 13.6 Å². The van der Waals surface area contributed by atoms with Gasteiger partial charge in [-0.15, -0.1) is 0 Å². The van der Waals surface area contributed by atoms with Crippen LogP contribution in [0.25, 0.3) is 0 Å². The van der Waals surface area contributed by atoms with Gasteiger partial charge in [0.1, 0.15) is 17.2 Å². The molecule has 0 fully saturated rings. The third-order valence-corrected chi connectivity index (χ3v) is 5.46. The summed E-state index contributed by atoms with van der Waals surface area (Å²) < 4.78 is 18.6. The molecule has 0 aliphatic carbocycles. The van der Waals surface area contributed by atoms with Gasteiger partial charge in [-0.05, 0) is 31.4 Å². The number of hydrogen-bond donors (Lipinski definition) is 0. The predicted octanol–water partition coefficient (Wildman–Crippen LogP) is 5.11. The van der Waals surface area contributed by atoms with Crippen molar-refractivity contribution in [3.8, 4) is 0 Å². The van der Waals surface area contributed by atoms with E-state index in [2.05, 4.69) is 31.1 Å². The van der Waals surface area contributed by atoms with Crippen molar-refractivity contribution in [2.24, 2.45) is 0 Å². The number of Topliss-reactive ketones (excluding diaryl/α,β-unsaturated/α-hetero) is 1. The lowest BCUT2D eigenvalue weighted by Gasteiger charge is -2.05. The Morgan fingerprint density at radius 2 is 1.80 bits per heavy atom. The SMILES string of the molecule is CCc1cc(C(C)C[n+]2cc(C)c(C(C)CCC(=O)c3cc(C(C)C)on3)o2)on1. The Morgan fingerprint density at radius 3 is 2.43 bits per heavy atom. The molecule has 3 aromatic heterocycles. The van der Waals surface area contributed by atoms with E-state index in [0.29, 0.717) is 25.1 Å². The fraction of sp³-hybridized carbons (Fsp3) is 0.565. The van der Waals surface area contributed by atoms with E-state index in [9.17, 15) is 4.79 Å². The second-order valence-electron chi connectivity index (χ2n) is 8.47. The van der Waals surface area contributed by atoms with E-state index in [1.54, 1.807) is 6.07 Å². The summed E-state index contributed by atoms with van der Waals surface area (Å²) in [7, 11) is 0. The molecule has 0 N–H and O–H groups in total. The van der Waals surface area contributed by atoms with Gasteiger partial charge in [-0.1, -0.05) is 38.0 Å². The molecule has 162 valence electrons. The maximum atomic E-state index is 12.5. The topological polar surface area (TPSA) is 86.2 Å². The maximum Gasteiger partial charge on any atom is 0.222 e. The van der Waals surface area contributed by atoms with Crippen LogP contribution in [0, 0.1) is 6.92 Å². The van der Waals surface area contributed by atoms with E-state index in [-0.39, 0.29) is 23.5 Å². The fourth-order valence-electron chi connectivity index (χ4n) is 3.46. The minimum absolute atomic E-state index is 0.000237. The molecular formula is C23H32N3O4+. The monoisotopic (exact) mass is 414 g/mol. The zero-order valence-electron chi connectivity index (χ0n) is 18.8. The van der Waals surface area contributed by atoms with E-state index in [0.717, 1.165) is 35.0 Å². The number of hydrogen-bond acceptors (Lipinski definition) is 6. The Labute approximate surface area is 177 Å². The lowest BCUT2D eigenvalue weighted by Crippen LogP contribution is -2.33. The Hall–Kier alpha value is -2.70. The van der Waals surface area contributed by atoms with Crippen LogP contribution in [0.3, 0.4) is 0 Å². The lowest BCUT2D eigenvalue weighted by atomic mass is 9.98. The summed E-state index contributed by atoms with van der Waals surface area (Å²) >= 11 is 0. The zero-order chi connectivity index (χ0) is 21.8. The van der Waals surface area contributed by atoms with E-state index in [1.807, 2.05) is 37.8 Å². The zero-order valence-corrected chi connectivity index (χ0v) is 18.8. The highest BCUT2D eigenvalue weighted by Gasteiger charge is 2.25. The molecule has 30 heavy (non-hydrogen) atoms. The second-order valence-corrected chi connectivity index (χ2v) is 8.47. The number of ketones is 1. The van der Waals surface area contributed by atoms with Crippen LogP contribution in [0.4, 0.5) is 0 Å². The summed E-state index contributed by atoms with van der Waals surface area (Å²) in [6.45, 7) is 13.0. The van der Waals surface area contributed by atoms with Crippen molar-refractivity contribution >= 4 is 5.78 Å². The van der Waals surface area contributed by atoms with Gasteiger partial charge < -0.3 is 9.05 Å². The molecule has 0 aliphatic rings. The minimum Gasteiger partial charge on any atom is -0.361 e. The summed E-state index contributed by atoms with van der Waals surface area (Å²) in [6, 6.07) is 3.75. The quantitative estimate of drug-likeness (QED) is 0.338. The van der Waals surface area contributed by atoms with Gasteiger partial charge in [0.2, 0.25) is 12.7 Å². The summed E-state index contributed by atoms with van der Waals surface area (Å²) in [5, 5.41) is 7.98. The first-order chi connectivity index (χ1) is 14.3. The van der Waals surface area contributed by atoms with Gasteiger partial charge in [0.25, 0.3) is 0 Å². The Kier molecular flexibility index (Phi) is 6.90. The van der Waals surface area contributed by atoms with E-state index < -0.39 is 0 Å². The predicted molar refractivity (Wildman–Crippen MR) is 111 cm³/mol. The first-order valence-electron chi connectivity index (χ1n) is 10.7. The molecule has 0 aliphatic heterocycles. The third-order valence-electron chi connectivity index (χ3n) is 5.46. The van der Waals surface area contributed by atoms with Crippen LogP contribution in [0.5, 0.6) is 0 Å². The van der Waals surface area contributed by atoms with Gasteiger partial charge in [-0.25, -0.2) is 4.52 Å². The molecule has 3 heterocycles. The molecule has 0 bridgehead atoms. The smallest absolute Gasteiger partial charge is 0.222 e. The number of aryl methyl sites for hydroxylation is 2. The number of aromatic nitrogens is 3. The molecule has 0 radical (unpaired) electrons. The van der Waals surface area contributed by atoms with Crippen LogP contribution in [-0.2, 0) is 13.0 Å². The highest BCUT2D eigenvalue weighted by atomic mass is 16.5. The van der Waals surface area contributed by atoms with Gasteiger partial charge >= 0.3 is 0 Å². The van der Waals surface area contributed by atoms with Crippen LogP contribution in [-0.4, -0.2) is 16.1 Å². The summed E-state index contributed by atoms with van der Waals surface area (Å²) in [5.74, 6) is 3.00. The van der Waals surface area contributed by atoms with Crippen molar-refractivity contribution in [3.63, 3.8) is 0 Å². The van der Waals surface area contributed by atoms with E-state index >= 15 is 0 Å². The summed E-state index contributed by atoms with van der Waals surface area (Å²) in [5.41, 5.74) is 2.45. The van der Waals surface area contributed by atoms with Gasteiger partial charge in [0.05, 0.1) is 17.2 Å². The van der Waals surface area contributed by atoms with Crippen LogP contribution >= 0.6 is 0 Å². The highest BCUT2D eigenvalue weighted by molar-refractivity contribution is 5.94. The first-order valence-corrected chi connectivity index (χ1v) is 10.7. The Balaban J connectivity index is 1.58. The number of nitrogens with zero attached hydrogens (tertiary/aromatic N) is 3. The molecule has 0 aromatic carbocycles. The van der Waals surface area contributed by atoms with Gasteiger partial charge in [-0.3, -0.25) is 4.79 Å². The summed E-state index contributed by atoms with van der Waals surface area (Å²) in [6.07, 6.45) is 3.96. The van der Waals surface area contributed by atoms with Gasteiger partial charge in [0.15, 0.2) is 11.5 Å². The van der Waals surface area contributed by atoms with Crippen molar-refractivity contribution in [3.05, 3.63) is 52.6 Å². The molecule has 0 amide bonds. The second kappa shape index (κ2) is 9.41.